The molecular formula is C15H20N4O2. The van der Waals surface area contributed by atoms with Gasteiger partial charge in [-0.15, -0.1) is 0 Å². The van der Waals surface area contributed by atoms with Crippen LogP contribution in [0.1, 0.15) is 30.2 Å². The first kappa shape index (κ1) is 15.1. The highest BCUT2D eigenvalue weighted by atomic mass is 16.4. The van der Waals surface area contributed by atoms with Crippen LogP contribution in [0.15, 0.2) is 34.9 Å². The Morgan fingerprint density at radius 3 is 2.62 bits per heavy atom. The molecule has 0 radical (unpaired) electrons. The van der Waals surface area contributed by atoms with Crippen molar-refractivity contribution in [2.75, 3.05) is 12.4 Å². The first-order chi connectivity index (χ1) is 10.1. The van der Waals surface area contributed by atoms with Crippen LogP contribution in [0, 0.1) is 6.92 Å². The number of nitrogens with one attached hydrogen (secondary N) is 3. The Morgan fingerprint density at radius 2 is 2.05 bits per heavy atom. The second-order valence-corrected chi connectivity index (χ2v) is 4.80. The highest BCUT2D eigenvalue weighted by Crippen LogP contribution is 2.15. The summed E-state index contributed by atoms with van der Waals surface area (Å²) in [5.74, 6) is 1.21. The predicted octanol–water partition coefficient (Wildman–Crippen LogP) is 2.59. The molecule has 3 N–H and O–H groups in total. The molecule has 1 atom stereocenters. The van der Waals surface area contributed by atoms with Crippen molar-refractivity contribution < 1.29 is 9.21 Å². The van der Waals surface area contributed by atoms with Gasteiger partial charge in [0.2, 0.25) is 5.89 Å². The van der Waals surface area contributed by atoms with Crippen molar-refractivity contribution in [2.45, 2.75) is 26.4 Å². The second kappa shape index (κ2) is 6.90. The summed E-state index contributed by atoms with van der Waals surface area (Å²) in [6, 6.07) is 7.69. The number of urea groups is 1. The molecule has 0 aliphatic carbocycles. The largest absolute Gasteiger partial charge is 0.444 e. The lowest BCUT2D eigenvalue weighted by molar-refractivity contribution is 0.250. The molecule has 0 aliphatic heterocycles. The van der Waals surface area contributed by atoms with Gasteiger partial charge in [0.1, 0.15) is 5.76 Å². The van der Waals surface area contributed by atoms with E-state index in [9.17, 15) is 4.79 Å². The van der Waals surface area contributed by atoms with Crippen molar-refractivity contribution in [1.82, 2.24) is 15.6 Å². The van der Waals surface area contributed by atoms with Crippen LogP contribution in [0.3, 0.4) is 0 Å². The number of aromatic nitrogens is 1. The number of hydrogen-bond acceptors (Lipinski definition) is 4. The number of carbonyl (C=O) groups is 1. The Morgan fingerprint density at radius 1 is 1.33 bits per heavy atom. The maximum Gasteiger partial charge on any atom is 0.319 e. The van der Waals surface area contributed by atoms with Gasteiger partial charge < -0.3 is 20.4 Å². The molecule has 0 saturated carbocycles. The zero-order valence-corrected chi connectivity index (χ0v) is 12.4. The van der Waals surface area contributed by atoms with E-state index in [-0.39, 0.29) is 18.6 Å². The third-order valence-corrected chi connectivity index (χ3v) is 3.17. The summed E-state index contributed by atoms with van der Waals surface area (Å²) in [6.45, 7) is 4.15. The third kappa shape index (κ3) is 4.32. The summed E-state index contributed by atoms with van der Waals surface area (Å²) in [7, 11) is 1.91. The smallest absolute Gasteiger partial charge is 0.319 e. The molecule has 2 rings (SSSR count). The van der Waals surface area contributed by atoms with Crippen LogP contribution < -0.4 is 16.0 Å². The van der Waals surface area contributed by atoms with Crippen LogP contribution in [0.25, 0.3) is 0 Å². The van der Waals surface area contributed by atoms with Crippen molar-refractivity contribution >= 4 is 11.7 Å². The van der Waals surface area contributed by atoms with Crippen LogP contribution in [-0.4, -0.2) is 18.1 Å². The molecule has 1 heterocycles. The van der Waals surface area contributed by atoms with E-state index in [1.54, 1.807) is 6.20 Å². The van der Waals surface area contributed by atoms with Crippen LogP contribution in [0.5, 0.6) is 0 Å². The maximum absolute atomic E-state index is 11.8. The molecule has 1 unspecified atom stereocenters. The van der Waals surface area contributed by atoms with E-state index in [0.29, 0.717) is 5.89 Å². The first-order valence-corrected chi connectivity index (χ1v) is 6.82. The maximum atomic E-state index is 11.8. The summed E-state index contributed by atoms with van der Waals surface area (Å²) in [5.41, 5.74) is 1.90. The summed E-state index contributed by atoms with van der Waals surface area (Å²) >= 11 is 0. The minimum absolute atomic E-state index is 0.258. The third-order valence-electron chi connectivity index (χ3n) is 3.17. The van der Waals surface area contributed by atoms with E-state index in [4.69, 9.17) is 4.42 Å². The molecule has 0 fully saturated rings. The topological polar surface area (TPSA) is 79.2 Å². The van der Waals surface area contributed by atoms with Gasteiger partial charge in [-0.2, -0.15) is 0 Å². The fraction of sp³-hybridized carbons (Fsp3) is 0.333. The van der Waals surface area contributed by atoms with Crippen LogP contribution >= 0.6 is 0 Å². The Balaban J connectivity index is 1.84. The quantitative estimate of drug-likeness (QED) is 0.790. The number of rotatable bonds is 5. The number of anilines is 1. The highest BCUT2D eigenvalue weighted by Gasteiger charge is 2.06. The van der Waals surface area contributed by atoms with Gasteiger partial charge in [0, 0.05) is 11.7 Å². The van der Waals surface area contributed by atoms with Crippen molar-refractivity contribution in [3.63, 3.8) is 0 Å². The molecular weight excluding hydrogens is 268 g/mol. The van der Waals surface area contributed by atoms with Crippen LogP contribution in [0.2, 0.25) is 0 Å². The summed E-state index contributed by atoms with van der Waals surface area (Å²) < 4.78 is 5.28. The molecule has 0 bridgehead atoms. The first-order valence-electron chi connectivity index (χ1n) is 6.82. The van der Waals surface area contributed by atoms with Crippen molar-refractivity contribution in [3.8, 4) is 0 Å². The number of nitrogens with zero attached hydrogens (tertiary/aromatic N) is 1. The van der Waals surface area contributed by atoms with Gasteiger partial charge >= 0.3 is 6.03 Å². The van der Waals surface area contributed by atoms with Gasteiger partial charge in [-0.3, -0.25) is 0 Å². The molecule has 0 saturated heterocycles. The predicted molar refractivity (Wildman–Crippen MR) is 81.0 cm³/mol. The zero-order valence-electron chi connectivity index (χ0n) is 12.4. The molecule has 112 valence electrons. The van der Waals surface area contributed by atoms with E-state index < -0.39 is 0 Å². The minimum atomic E-state index is -0.291. The Kier molecular flexibility index (Phi) is 4.94. The van der Waals surface area contributed by atoms with Gasteiger partial charge in [0.05, 0.1) is 12.7 Å². The molecule has 6 heteroatoms. The number of aryl methyl sites for hydroxylation is 1. The summed E-state index contributed by atoms with van der Waals surface area (Å²) in [5, 5.41) is 8.62. The number of hydrogen-bond donors (Lipinski definition) is 3. The number of amides is 2. The number of oxazole rings is 1. The minimum Gasteiger partial charge on any atom is -0.444 e. The number of carbonyl (C=O) groups excluding carboxylic acids is 1. The van der Waals surface area contributed by atoms with Gasteiger partial charge in [-0.1, -0.05) is 12.1 Å². The molecule has 0 spiro atoms. The Bertz CT molecular complexity index is 592. The lowest BCUT2D eigenvalue weighted by Crippen LogP contribution is -2.28. The van der Waals surface area contributed by atoms with Crippen LogP contribution in [0.4, 0.5) is 10.5 Å². The molecule has 21 heavy (non-hydrogen) atoms. The summed E-state index contributed by atoms with van der Waals surface area (Å²) in [6.07, 6.45) is 1.62. The van der Waals surface area contributed by atoms with Gasteiger partial charge in [0.25, 0.3) is 0 Å². The number of benzene rings is 1. The summed E-state index contributed by atoms with van der Waals surface area (Å²) in [4.78, 5) is 15.8. The van der Waals surface area contributed by atoms with Crippen molar-refractivity contribution in [1.29, 1.82) is 0 Å². The van der Waals surface area contributed by atoms with E-state index >= 15 is 0 Å². The van der Waals surface area contributed by atoms with E-state index in [1.165, 1.54) is 5.56 Å². The Labute approximate surface area is 124 Å². The van der Waals surface area contributed by atoms with Gasteiger partial charge in [-0.25, -0.2) is 9.78 Å². The average molecular weight is 288 g/mol. The molecule has 1 aromatic heterocycles. The fourth-order valence-corrected chi connectivity index (χ4v) is 1.84. The normalized spacial score (nSPS) is 12.0. The molecule has 6 nitrogen and oxygen atoms in total. The molecule has 2 amide bonds. The van der Waals surface area contributed by atoms with Gasteiger partial charge in [0.15, 0.2) is 0 Å². The Hall–Kier alpha value is -2.34. The van der Waals surface area contributed by atoms with Crippen molar-refractivity contribution in [2.24, 2.45) is 0 Å². The van der Waals surface area contributed by atoms with Crippen molar-refractivity contribution in [3.05, 3.63) is 47.7 Å². The molecule has 1 aromatic carbocycles. The van der Waals surface area contributed by atoms with Gasteiger partial charge in [-0.05, 0) is 38.6 Å². The fourth-order valence-electron chi connectivity index (χ4n) is 1.84. The lowest BCUT2D eigenvalue weighted by Gasteiger charge is -2.11. The van der Waals surface area contributed by atoms with E-state index in [2.05, 4.69) is 27.9 Å². The average Bonchev–Trinajstić information content (AvgIpc) is 2.91. The van der Waals surface area contributed by atoms with Crippen LogP contribution in [-0.2, 0) is 6.54 Å². The molecule has 0 aliphatic rings. The lowest BCUT2D eigenvalue weighted by atomic mass is 10.1. The monoisotopic (exact) mass is 288 g/mol. The zero-order chi connectivity index (χ0) is 15.2. The van der Waals surface area contributed by atoms with E-state index in [0.717, 1.165) is 11.4 Å². The van der Waals surface area contributed by atoms with E-state index in [1.807, 2.05) is 38.2 Å². The highest BCUT2D eigenvalue weighted by molar-refractivity contribution is 5.89. The molecule has 2 aromatic rings. The second-order valence-electron chi connectivity index (χ2n) is 4.80. The SMILES string of the molecule is CNC(C)c1ccc(NC(=O)NCc2ncc(C)o2)cc1. The standard InChI is InChI=1S/C15H20N4O2/c1-10-8-17-14(21-10)9-18-15(20)19-13-6-4-12(5-7-13)11(2)16-3/h4-8,11,16H,9H2,1-3H3,(H2,18,19,20).